The number of quaternary nitrogens is 1. The molecule has 1 aromatic heterocycles. The molecule has 2 heterocycles. The monoisotopic (exact) mass is 356 g/mol. The minimum Gasteiger partial charge on any atom is -0.465 e. The molecule has 0 aliphatic carbocycles. The van der Waals surface area contributed by atoms with Crippen molar-refractivity contribution in [1.82, 2.24) is 9.88 Å². The van der Waals surface area contributed by atoms with Gasteiger partial charge in [0.2, 0.25) is 0 Å². The molecule has 138 valence electrons. The van der Waals surface area contributed by atoms with Crippen LogP contribution in [0.25, 0.3) is 0 Å². The smallest absolute Gasteiger partial charge is 0.337 e. The molecule has 1 aromatic carbocycles. The van der Waals surface area contributed by atoms with Crippen LogP contribution in [0.3, 0.4) is 0 Å². The molecule has 1 aliphatic rings. The van der Waals surface area contributed by atoms with E-state index in [4.69, 9.17) is 0 Å². The third-order valence-corrected chi connectivity index (χ3v) is 5.08. The minimum absolute atomic E-state index is 0.0538. The van der Waals surface area contributed by atoms with Gasteiger partial charge in [0.05, 0.1) is 24.9 Å². The van der Waals surface area contributed by atoms with Gasteiger partial charge in [-0.1, -0.05) is 12.1 Å². The zero-order valence-electron chi connectivity index (χ0n) is 15.3. The summed E-state index contributed by atoms with van der Waals surface area (Å²) in [7, 11) is 3.42. The van der Waals surface area contributed by atoms with Crippen molar-refractivity contribution in [3.05, 3.63) is 59.4 Å². The molecule has 6 heteroatoms. The zero-order chi connectivity index (χ0) is 18.5. The fourth-order valence-electron chi connectivity index (χ4n) is 3.66. The van der Waals surface area contributed by atoms with Crippen LogP contribution in [0.5, 0.6) is 0 Å². The highest BCUT2D eigenvalue weighted by Crippen LogP contribution is 2.18. The molecule has 2 aromatic rings. The molecule has 1 unspecified atom stereocenters. The van der Waals surface area contributed by atoms with Crippen LogP contribution in [0, 0.1) is 0 Å². The number of hydrogen-bond acceptors (Lipinski definition) is 3. The Morgan fingerprint density at radius 3 is 2.69 bits per heavy atom. The van der Waals surface area contributed by atoms with E-state index in [1.807, 2.05) is 12.1 Å². The van der Waals surface area contributed by atoms with E-state index in [0.717, 1.165) is 24.9 Å². The topological polar surface area (TPSA) is 64.8 Å². The van der Waals surface area contributed by atoms with E-state index in [2.05, 4.69) is 40.0 Å². The van der Waals surface area contributed by atoms with Gasteiger partial charge >= 0.3 is 5.97 Å². The predicted molar refractivity (Wildman–Crippen MR) is 97.7 cm³/mol. The molecule has 1 amide bonds. The van der Waals surface area contributed by atoms with Crippen LogP contribution in [0.2, 0.25) is 0 Å². The Hall–Kier alpha value is -2.60. The molecule has 6 nitrogen and oxygen atoms in total. The van der Waals surface area contributed by atoms with Crippen molar-refractivity contribution in [2.24, 2.45) is 7.05 Å². The summed E-state index contributed by atoms with van der Waals surface area (Å²) in [6.07, 6.45) is 4.33. The number of nitrogens with zero attached hydrogens (tertiary/aromatic N) is 1. The maximum atomic E-state index is 12.4. The Balaban J connectivity index is 1.52. The molecule has 26 heavy (non-hydrogen) atoms. The molecule has 2 atom stereocenters. The van der Waals surface area contributed by atoms with E-state index in [9.17, 15) is 9.59 Å². The summed E-state index contributed by atoms with van der Waals surface area (Å²) in [6.45, 7) is 1.97. The van der Waals surface area contributed by atoms with Gasteiger partial charge in [-0.3, -0.25) is 4.79 Å². The van der Waals surface area contributed by atoms with Gasteiger partial charge in [-0.15, -0.1) is 0 Å². The van der Waals surface area contributed by atoms with Gasteiger partial charge in [0.15, 0.2) is 6.54 Å². The van der Waals surface area contributed by atoms with Gasteiger partial charge in [0.1, 0.15) is 6.04 Å². The van der Waals surface area contributed by atoms with E-state index in [-0.39, 0.29) is 11.9 Å². The quantitative estimate of drug-likeness (QED) is 0.754. The summed E-state index contributed by atoms with van der Waals surface area (Å²) in [5.74, 6) is -0.303. The molecular weight excluding hydrogens is 330 g/mol. The first kappa shape index (κ1) is 18.2. The summed E-state index contributed by atoms with van der Waals surface area (Å²) in [4.78, 5) is 25.1. The van der Waals surface area contributed by atoms with Crippen molar-refractivity contribution in [2.75, 3.05) is 20.2 Å². The number of nitrogens with one attached hydrogen (secondary N) is 2. The lowest BCUT2D eigenvalue weighted by molar-refractivity contribution is -0.911. The van der Waals surface area contributed by atoms with Crippen molar-refractivity contribution >= 4 is 11.9 Å². The molecular formula is C20H26N3O3+. The summed E-state index contributed by atoms with van der Waals surface area (Å²) >= 11 is 0. The SMILES string of the molecule is COC(=O)c1ccc(CNC(=O)C[NH+]2CCC[C@H]2c2cccn2C)cc1. The van der Waals surface area contributed by atoms with Gasteiger partial charge in [-0.25, -0.2) is 4.79 Å². The van der Waals surface area contributed by atoms with Crippen molar-refractivity contribution in [3.8, 4) is 0 Å². The predicted octanol–water partition coefficient (Wildman–Crippen LogP) is 0.848. The van der Waals surface area contributed by atoms with Crippen molar-refractivity contribution in [1.29, 1.82) is 0 Å². The van der Waals surface area contributed by atoms with E-state index < -0.39 is 0 Å². The van der Waals surface area contributed by atoms with E-state index in [0.29, 0.717) is 24.7 Å². The number of methoxy groups -OCH3 is 1. The second-order valence-electron chi connectivity index (χ2n) is 6.79. The lowest BCUT2D eigenvalue weighted by atomic mass is 10.1. The molecule has 1 saturated heterocycles. The number of carbonyl (C=O) groups excluding carboxylic acids is 2. The fourth-order valence-corrected chi connectivity index (χ4v) is 3.66. The molecule has 1 fully saturated rings. The number of carbonyl (C=O) groups is 2. The van der Waals surface area contributed by atoms with Crippen molar-refractivity contribution in [3.63, 3.8) is 0 Å². The molecule has 0 bridgehead atoms. The van der Waals surface area contributed by atoms with Crippen molar-refractivity contribution in [2.45, 2.75) is 25.4 Å². The molecule has 3 rings (SSSR count). The number of rotatable bonds is 6. The third-order valence-electron chi connectivity index (χ3n) is 5.08. The summed E-state index contributed by atoms with van der Waals surface area (Å²) in [5, 5.41) is 2.99. The molecule has 0 spiro atoms. The Morgan fingerprint density at radius 1 is 1.27 bits per heavy atom. The minimum atomic E-state index is -0.357. The number of ether oxygens (including phenoxy) is 1. The standard InChI is InChI=1S/C20H25N3O3/c1-22-11-3-5-17(22)18-6-4-12-23(18)14-19(24)21-13-15-7-9-16(10-8-15)20(25)26-2/h3,5,7-11,18H,4,6,12-14H2,1-2H3,(H,21,24)/p+1/t18-/m0/s1. The first-order valence-corrected chi connectivity index (χ1v) is 8.98. The molecule has 2 N–H and O–H groups in total. The van der Waals surface area contributed by atoms with E-state index in [1.165, 1.54) is 17.7 Å². The largest absolute Gasteiger partial charge is 0.465 e. The van der Waals surface area contributed by atoms with Crippen LogP contribution in [0.4, 0.5) is 0 Å². The number of hydrogen-bond donors (Lipinski definition) is 2. The van der Waals surface area contributed by atoms with Gasteiger partial charge in [-0.05, 0) is 29.8 Å². The van der Waals surface area contributed by atoms with Crippen LogP contribution in [0.1, 0.15) is 40.5 Å². The van der Waals surface area contributed by atoms with Gasteiger partial charge in [0.25, 0.3) is 5.91 Å². The van der Waals surface area contributed by atoms with Crippen LogP contribution in [-0.2, 0) is 23.1 Å². The third kappa shape index (κ3) is 4.14. The Labute approximate surface area is 153 Å². The number of benzene rings is 1. The second-order valence-corrected chi connectivity index (χ2v) is 6.79. The number of aromatic nitrogens is 1. The Bertz CT molecular complexity index is 767. The number of aryl methyl sites for hydroxylation is 1. The highest BCUT2D eigenvalue weighted by molar-refractivity contribution is 5.89. The van der Waals surface area contributed by atoms with E-state index in [1.54, 1.807) is 12.1 Å². The second kappa shape index (κ2) is 8.19. The van der Waals surface area contributed by atoms with Gasteiger partial charge in [-0.2, -0.15) is 0 Å². The summed E-state index contributed by atoms with van der Waals surface area (Å²) < 4.78 is 6.83. The summed E-state index contributed by atoms with van der Waals surface area (Å²) in [5.41, 5.74) is 2.76. The normalized spacial score (nSPS) is 19.3. The van der Waals surface area contributed by atoms with Gasteiger partial charge < -0.3 is 19.5 Å². The molecule has 0 radical (unpaired) electrons. The van der Waals surface area contributed by atoms with Crippen LogP contribution in [-0.4, -0.2) is 36.6 Å². The average Bonchev–Trinajstić information content (AvgIpc) is 3.28. The maximum Gasteiger partial charge on any atom is 0.337 e. The number of esters is 1. The van der Waals surface area contributed by atoms with Gasteiger partial charge in [0, 0.05) is 32.6 Å². The maximum absolute atomic E-state index is 12.4. The number of likely N-dealkylation sites (tertiary alicyclic amines) is 1. The zero-order valence-corrected chi connectivity index (χ0v) is 15.3. The lowest BCUT2D eigenvalue weighted by Gasteiger charge is -2.21. The van der Waals surface area contributed by atoms with Crippen LogP contribution in [0.15, 0.2) is 42.6 Å². The highest BCUT2D eigenvalue weighted by atomic mass is 16.5. The van der Waals surface area contributed by atoms with E-state index >= 15 is 0 Å². The van der Waals surface area contributed by atoms with Crippen LogP contribution < -0.4 is 10.2 Å². The fraction of sp³-hybridized carbons (Fsp3) is 0.400. The summed E-state index contributed by atoms with van der Waals surface area (Å²) in [6, 6.07) is 11.7. The van der Waals surface area contributed by atoms with Crippen molar-refractivity contribution < 1.29 is 19.2 Å². The first-order valence-electron chi connectivity index (χ1n) is 8.98. The number of amides is 1. The highest BCUT2D eigenvalue weighted by Gasteiger charge is 2.32. The van der Waals surface area contributed by atoms with Crippen LogP contribution >= 0.6 is 0 Å². The lowest BCUT2D eigenvalue weighted by Crippen LogP contribution is -3.11. The molecule has 1 aliphatic heterocycles. The molecule has 0 saturated carbocycles. The first-order chi connectivity index (χ1) is 12.6. The average molecular weight is 356 g/mol. The Kier molecular flexibility index (Phi) is 5.73. The Morgan fingerprint density at radius 2 is 2.04 bits per heavy atom.